The molecule has 0 aromatic heterocycles. The Labute approximate surface area is 134 Å². The maximum atomic E-state index is 14.2. The molecule has 2 aromatic rings. The van der Waals surface area contributed by atoms with Crippen molar-refractivity contribution < 1.29 is 4.39 Å². The number of aryl methyl sites for hydroxylation is 1. The van der Waals surface area contributed by atoms with Crippen LogP contribution in [0.3, 0.4) is 0 Å². The van der Waals surface area contributed by atoms with E-state index in [-0.39, 0.29) is 11.9 Å². The van der Waals surface area contributed by atoms with E-state index in [1.165, 1.54) is 22.8 Å². The highest BCUT2D eigenvalue weighted by Gasteiger charge is 2.31. The number of thiocarbonyl (C=S) groups is 1. The molecule has 110 valence electrons. The molecule has 0 fully saturated rings. The Morgan fingerprint density at radius 2 is 1.77 bits per heavy atom. The zero-order valence-corrected chi connectivity index (χ0v) is 12.7. The third-order valence-electron chi connectivity index (χ3n) is 4.35. The molecule has 2 aliphatic rings. The van der Waals surface area contributed by atoms with Gasteiger partial charge >= 0.3 is 0 Å². The fraction of sp³-hybridized carbons (Fsp3) is 0.167. The summed E-state index contributed by atoms with van der Waals surface area (Å²) in [6.45, 7) is 0. The number of fused-ring (bicyclic) bond motifs is 2. The lowest BCUT2D eigenvalue weighted by Gasteiger charge is -2.35. The molecule has 0 saturated carbocycles. The molecule has 2 N–H and O–H groups in total. The molecule has 1 aliphatic carbocycles. The first-order valence-electron chi connectivity index (χ1n) is 7.37. The SMILES string of the molecule is Fc1ccccc1[C@@H]1NC(=S)NC2=C1CCc1ccccc12. The summed E-state index contributed by atoms with van der Waals surface area (Å²) in [7, 11) is 0. The molecule has 0 saturated heterocycles. The van der Waals surface area contributed by atoms with E-state index >= 15 is 0 Å². The van der Waals surface area contributed by atoms with Crippen molar-refractivity contribution >= 4 is 23.0 Å². The van der Waals surface area contributed by atoms with Gasteiger partial charge < -0.3 is 10.6 Å². The molecule has 0 amide bonds. The van der Waals surface area contributed by atoms with Crippen molar-refractivity contribution in [1.29, 1.82) is 0 Å². The van der Waals surface area contributed by atoms with Crippen LogP contribution in [0.2, 0.25) is 0 Å². The summed E-state index contributed by atoms with van der Waals surface area (Å²) in [5.41, 5.74) is 5.36. The van der Waals surface area contributed by atoms with Crippen LogP contribution in [0.25, 0.3) is 5.70 Å². The third-order valence-corrected chi connectivity index (χ3v) is 4.57. The summed E-state index contributed by atoms with van der Waals surface area (Å²) >= 11 is 5.34. The molecule has 0 bridgehead atoms. The van der Waals surface area contributed by atoms with Gasteiger partial charge in [0.25, 0.3) is 0 Å². The van der Waals surface area contributed by atoms with Crippen LogP contribution in [-0.4, -0.2) is 5.11 Å². The van der Waals surface area contributed by atoms with Crippen molar-refractivity contribution in [2.45, 2.75) is 18.9 Å². The minimum atomic E-state index is -0.199. The zero-order chi connectivity index (χ0) is 15.1. The second-order valence-electron chi connectivity index (χ2n) is 5.61. The van der Waals surface area contributed by atoms with E-state index < -0.39 is 0 Å². The van der Waals surface area contributed by atoms with Crippen molar-refractivity contribution in [1.82, 2.24) is 10.6 Å². The van der Waals surface area contributed by atoms with E-state index in [9.17, 15) is 4.39 Å². The van der Waals surface area contributed by atoms with Gasteiger partial charge in [-0.1, -0.05) is 42.5 Å². The molecule has 22 heavy (non-hydrogen) atoms. The van der Waals surface area contributed by atoms with Gasteiger partial charge in [0.1, 0.15) is 5.82 Å². The van der Waals surface area contributed by atoms with E-state index in [2.05, 4.69) is 28.8 Å². The Balaban J connectivity index is 1.88. The first-order valence-corrected chi connectivity index (χ1v) is 7.78. The van der Waals surface area contributed by atoms with Gasteiger partial charge in [-0.25, -0.2) is 4.39 Å². The molecule has 0 radical (unpaired) electrons. The Morgan fingerprint density at radius 3 is 2.64 bits per heavy atom. The Bertz CT molecular complexity index is 797. The maximum absolute atomic E-state index is 14.2. The average Bonchev–Trinajstić information content (AvgIpc) is 2.54. The molecule has 2 nitrogen and oxygen atoms in total. The van der Waals surface area contributed by atoms with Gasteiger partial charge in [0.15, 0.2) is 5.11 Å². The highest BCUT2D eigenvalue weighted by Crippen LogP contribution is 2.39. The van der Waals surface area contributed by atoms with Gasteiger partial charge in [-0.15, -0.1) is 0 Å². The molecule has 2 aromatic carbocycles. The summed E-state index contributed by atoms with van der Waals surface area (Å²) in [6, 6.07) is 15.0. The van der Waals surface area contributed by atoms with Crippen LogP contribution in [0.1, 0.15) is 29.2 Å². The molecule has 1 heterocycles. The van der Waals surface area contributed by atoms with Crippen molar-refractivity contribution in [2.24, 2.45) is 0 Å². The lowest BCUT2D eigenvalue weighted by atomic mass is 9.83. The minimum absolute atomic E-state index is 0.196. The van der Waals surface area contributed by atoms with Crippen LogP contribution in [0.5, 0.6) is 0 Å². The quantitative estimate of drug-likeness (QED) is 0.785. The number of benzene rings is 2. The number of hydrogen-bond acceptors (Lipinski definition) is 1. The van der Waals surface area contributed by atoms with Crippen LogP contribution in [0.15, 0.2) is 54.1 Å². The Hall–Kier alpha value is -2.20. The van der Waals surface area contributed by atoms with E-state index in [4.69, 9.17) is 12.2 Å². The van der Waals surface area contributed by atoms with Crippen LogP contribution >= 0.6 is 12.2 Å². The standard InChI is InChI=1S/C18H15FN2S/c19-15-8-4-3-7-13(15)17-14-10-9-11-5-1-2-6-12(11)16(14)20-18(22)21-17/h1-8,17H,9-10H2,(H2,20,21,22)/t17-/m0/s1. The van der Waals surface area contributed by atoms with E-state index in [0.717, 1.165) is 18.5 Å². The fourth-order valence-electron chi connectivity index (χ4n) is 3.33. The fourth-order valence-corrected chi connectivity index (χ4v) is 3.55. The molecule has 0 unspecified atom stereocenters. The molecule has 0 spiro atoms. The van der Waals surface area contributed by atoms with Crippen molar-refractivity contribution in [3.05, 3.63) is 76.6 Å². The van der Waals surface area contributed by atoms with Crippen LogP contribution in [0, 0.1) is 5.82 Å². The lowest BCUT2D eigenvalue weighted by molar-refractivity contribution is 0.573. The maximum Gasteiger partial charge on any atom is 0.171 e. The second-order valence-corrected chi connectivity index (χ2v) is 6.02. The summed E-state index contributed by atoms with van der Waals surface area (Å²) in [5.74, 6) is -0.199. The zero-order valence-electron chi connectivity index (χ0n) is 11.9. The Morgan fingerprint density at radius 1 is 1.00 bits per heavy atom. The summed E-state index contributed by atoms with van der Waals surface area (Å²) in [5, 5.41) is 7.04. The largest absolute Gasteiger partial charge is 0.352 e. The van der Waals surface area contributed by atoms with Crippen LogP contribution in [-0.2, 0) is 6.42 Å². The van der Waals surface area contributed by atoms with Gasteiger partial charge in [0, 0.05) is 16.8 Å². The predicted octanol–water partition coefficient (Wildman–Crippen LogP) is 3.70. The molecule has 1 atom stereocenters. The molecular formula is C18H15FN2S. The monoisotopic (exact) mass is 310 g/mol. The summed E-state index contributed by atoms with van der Waals surface area (Å²) < 4.78 is 14.2. The molecular weight excluding hydrogens is 295 g/mol. The van der Waals surface area contributed by atoms with Crippen molar-refractivity contribution in [3.8, 4) is 0 Å². The number of nitrogens with one attached hydrogen (secondary N) is 2. The van der Waals surface area contributed by atoms with E-state index in [0.29, 0.717) is 10.7 Å². The first kappa shape index (κ1) is 13.5. The van der Waals surface area contributed by atoms with Crippen molar-refractivity contribution in [3.63, 3.8) is 0 Å². The smallest absolute Gasteiger partial charge is 0.171 e. The number of hydrogen-bond donors (Lipinski definition) is 2. The lowest BCUT2D eigenvalue weighted by Crippen LogP contribution is -2.44. The minimum Gasteiger partial charge on any atom is -0.352 e. The van der Waals surface area contributed by atoms with Gasteiger partial charge in [-0.05, 0) is 42.3 Å². The number of halogens is 1. The normalized spacial score (nSPS) is 19.9. The highest BCUT2D eigenvalue weighted by molar-refractivity contribution is 7.80. The van der Waals surface area contributed by atoms with Crippen LogP contribution in [0.4, 0.5) is 4.39 Å². The molecule has 4 rings (SSSR count). The Kier molecular flexibility index (Phi) is 3.19. The van der Waals surface area contributed by atoms with Crippen LogP contribution < -0.4 is 10.6 Å². The number of rotatable bonds is 1. The molecule has 4 heteroatoms. The van der Waals surface area contributed by atoms with E-state index in [1.807, 2.05) is 18.2 Å². The van der Waals surface area contributed by atoms with Gasteiger partial charge in [-0.2, -0.15) is 0 Å². The molecule has 1 aliphatic heterocycles. The van der Waals surface area contributed by atoms with E-state index in [1.54, 1.807) is 6.07 Å². The predicted molar refractivity (Wildman–Crippen MR) is 89.7 cm³/mol. The van der Waals surface area contributed by atoms with Crippen molar-refractivity contribution in [2.75, 3.05) is 0 Å². The van der Waals surface area contributed by atoms with Gasteiger partial charge in [0.05, 0.1) is 6.04 Å². The highest BCUT2D eigenvalue weighted by atomic mass is 32.1. The first-order chi connectivity index (χ1) is 10.7. The summed E-state index contributed by atoms with van der Waals surface area (Å²) in [6.07, 6.45) is 1.87. The van der Waals surface area contributed by atoms with Gasteiger partial charge in [-0.3, -0.25) is 0 Å². The third kappa shape index (κ3) is 2.11. The van der Waals surface area contributed by atoms with Gasteiger partial charge in [0.2, 0.25) is 0 Å². The average molecular weight is 310 g/mol. The summed E-state index contributed by atoms with van der Waals surface area (Å²) in [4.78, 5) is 0. The topological polar surface area (TPSA) is 24.1 Å². The second kappa shape index (κ2) is 5.21.